The van der Waals surface area contributed by atoms with Crippen molar-refractivity contribution in [1.82, 2.24) is 4.90 Å². The van der Waals surface area contributed by atoms with Crippen molar-refractivity contribution >= 4 is 12.2 Å². The Balaban J connectivity index is 1.80. The van der Waals surface area contributed by atoms with Crippen LogP contribution in [0.25, 0.3) is 0 Å². The molecule has 114 valence electrons. The van der Waals surface area contributed by atoms with Gasteiger partial charge in [-0.2, -0.15) is 5.10 Å². The van der Waals surface area contributed by atoms with Crippen molar-refractivity contribution < 1.29 is 9.47 Å². The number of rotatable bonds is 6. The highest BCUT2D eigenvalue weighted by atomic mass is 16.5. The molecule has 0 aromatic heterocycles. The molecule has 0 saturated carbocycles. The molecule has 7 heteroatoms. The number of morpholine rings is 1. The Morgan fingerprint density at radius 2 is 2.14 bits per heavy atom. The largest absolute Gasteiger partial charge is 0.492 e. The molecule has 0 bridgehead atoms. The second-order valence-corrected chi connectivity index (χ2v) is 4.64. The van der Waals surface area contributed by atoms with Crippen LogP contribution >= 0.6 is 0 Å². The van der Waals surface area contributed by atoms with Crippen LogP contribution in [0.5, 0.6) is 5.75 Å². The van der Waals surface area contributed by atoms with E-state index < -0.39 is 0 Å². The Morgan fingerprint density at radius 1 is 1.33 bits per heavy atom. The highest BCUT2D eigenvalue weighted by Gasteiger charge is 2.09. The first-order valence-electron chi connectivity index (χ1n) is 6.89. The second-order valence-electron chi connectivity index (χ2n) is 4.64. The maximum absolute atomic E-state index is 5.75. The Labute approximate surface area is 124 Å². The van der Waals surface area contributed by atoms with E-state index in [4.69, 9.17) is 20.9 Å². The molecule has 0 spiro atoms. The van der Waals surface area contributed by atoms with Gasteiger partial charge >= 0.3 is 0 Å². The average Bonchev–Trinajstić information content (AvgIpc) is 2.48. The lowest BCUT2D eigenvalue weighted by atomic mass is 10.2. The van der Waals surface area contributed by atoms with Gasteiger partial charge in [-0.3, -0.25) is 4.90 Å². The zero-order valence-electron chi connectivity index (χ0n) is 11.9. The van der Waals surface area contributed by atoms with Crippen LogP contribution in [0.15, 0.2) is 34.5 Å². The zero-order chi connectivity index (χ0) is 14.9. The lowest BCUT2D eigenvalue weighted by Crippen LogP contribution is -2.38. The minimum absolute atomic E-state index is 0.0656. The SMILES string of the molecule is NC(N)=NN=Cc1cccc(OCCN2CCOCC2)c1. The standard InChI is InChI=1S/C14H21N5O2/c15-14(16)18-17-11-12-2-1-3-13(10-12)21-9-6-19-4-7-20-8-5-19/h1-3,10-11H,4-9H2,(H4,15,16,18). The van der Waals surface area contributed by atoms with Crippen molar-refractivity contribution in [2.24, 2.45) is 21.7 Å². The molecule has 1 fully saturated rings. The molecule has 21 heavy (non-hydrogen) atoms. The molecular formula is C14H21N5O2. The first kappa shape index (κ1) is 15.3. The molecule has 2 rings (SSSR count). The van der Waals surface area contributed by atoms with E-state index in [1.165, 1.54) is 0 Å². The molecule has 1 aromatic carbocycles. The summed E-state index contributed by atoms with van der Waals surface area (Å²) in [7, 11) is 0. The van der Waals surface area contributed by atoms with Gasteiger partial charge in [0.1, 0.15) is 12.4 Å². The van der Waals surface area contributed by atoms with Gasteiger partial charge in [0, 0.05) is 19.6 Å². The average molecular weight is 291 g/mol. The first-order chi connectivity index (χ1) is 10.2. The molecule has 1 heterocycles. The molecule has 0 atom stereocenters. The summed E-state index contributed by atoms with van der Waals surface area (Å²) in [6.07, 6.45) is 1.58. The number of nitrogens with two attached hydrogens (primary N) is 2. The Hall–Kier alpha value is -2.12. The number of nitrogens with zero attached hydrogens (tertiary/aromatic N) is 3. The summed E-state index contributed by atoms with van der Waals surface area (Å²) in [6, 6.07) is 7.61. The summed E-state index contributed by atoms with van der Waals surface area (Å²) in [5, 5.41) is 7.33. The Kier molecular flexibility index (Phi) is 5.99. The van der Waals surface area contributed by atoms with Gasteiger partial charge in [-0.05, 0) is 17.7 Å². The minimum Gasteiger partial charge on any atom is -0.492 e. The van der Waals surface area contributed by atoms with Crippen LogP contribution < -0.4 is 16.2 Å². The monoisotopic (exact) mass is 291 g/mol. The predicted molar refractivity (Wildman–Crippen MR) is 82.6 cm³/mol. The van der Waals surface area contributed by atoms with Gasteiger partial charge in [0.2, 0.25) is 5.96 Å². The maximum atomic E-state index is 5.75. The molecule has 1 aliphatic rings. The molecule has 7 nitrogen and oxygen atoms in total. The molecule has 0 radical (unpaired) electrons. The van der Waals surface area contributed by atoms with Gasteiger partial charge < -0.3 is 20.9 Å². The highest BCUT2D eigenvalue weighted by molar-refractivity contribution is 5.81. The third-order valence-electron chi connectivity index (χ3n) is 3.02. The van der Waals surface area contributed by atoms with Crippen LogP contribution in [0, 0.1) is 0 Å². The van der Waals surface area contributed by atoms with Gasteiger partial charge in [-0.1, -0.05) is 12.1 Å². The third-order valence-corrected chi connectivity index (χ3v) is 3.02. The summed E-state index contributed by atoms with van der Waals surface area (Å²) < 4.78 is 11.1. The summed E-state index contributed by atoms with van der Waals surface area (Å²) in [5.74, 6) is 0.737. The van der Waals surface area contributed by atoms with Crippen molar-refractivity contribution in [2.45, 2.75) is 0 Å². The number of hydrogen-bond donors (Lipinski definition) is 2. The van der Waals surface area contributed by atoms with E-state index in [2.05, 4.69) is 15.1 Å². The van der Waals surface area contributed by atoms with Gasteiger partial charge in [-0.25, -0.2) is 0 Å². The van der Waals surface area contributed by atoms with Crippen LogP contribution in [-0.4, -0.2) is 56.5 Å². The molecule has 0 amide bonds. The van der Waals surface area contributed by atoms with E-state index in [0.717, 1.165) is 44.2 Å². The first-order valence-corrected chi connectivity index (χ1v) is 6.89. The maximum Gasteiger partial charge on any atom is 0.211 e. The normalized spacial score (nSPS) is 16.0. The number of ether oxygens (including phenoxy) is 2. The molecule has 0 aliphatic carbocycles. The van der Waals surface area contributed by atoms with Crippen molar-refractivity contribution in [3.8, 4) is 5.75 Å². The van der Waals surface area contributed by atoms with Crippen LogP contribution in [-0.2, 0) is 4.74 Å². The smallest absolute Gasteiger partial charge is 0.211 e. The van der Waals surface area contributed by atoms with E-state index in [-0.39, 0.29) is 5.96 Å². The van der Waals surface area contributed by atoms with Crippen LogP contribution in [0.1, 0.15) is 5.56 Å². The van der Waals surface area contributed by atoms with Crippen molar-refractivity contribution in [2.75, 3.05) is 39.5 Å². The van der Waals surface area contributed by atoms with Crippen LogP contribution in [0.4, 0.5) is 0 Å². The molecular weight excluding hydrogens is 270 g/mol. The number of benzene rings is 1. The lowest BCUT2D eigenvalue weighted by molar-refractivity contribution is 0.0322. The van der Waals surface area contributed by atoms with Crippen molar-refractivity contribution in [3.05, 3.63) is 29.8 Å². The lowest BCUT2D eigenvalue weighted by Gasteiger charge is -2.26. The number of hydrogen-bond acceptors (Lipinski definition) is 5. The fourth-order valence-electron chi connectivity index (χ4n) is 1.96. The fourth-order valence-corrected chi connectivity index (χ4v) is 1.96. The Morgan fingerprint density at radius 3 is 2.90 bits per heavy atom. The second kappa shape index (κ2) is 8.23. The summed E-state index contributed by atoms with van der Waals surface area (Å²) in [4.78, 5) is 2.33. The fraction of sp³-hybridized carbons (Fsp3) is 0.429. The molecule has 1 aromatic rings. The van der Waals surface area contributed by atoms with E-state index in [0.29, 0.717) is 6.61 Å². The predicted octanol–water partition coefficient (Wildman–Crippen LogP) is 0.00490. The van der Waals surface area contributed by atoms with Gasteiger partial charge in [-0.15, -0.1) is 5.10 Å². The van der Waals surface area contributed by atoms with Gasteiger partial charge in [0.05, 0.1) is 19.4 Å². The number of guanidine groups is 1. The zero-order valence-corrected chi connectivity index (χ0v) is 11.9. The van der Waals surface area contributed by atoms with E-state index in [1.807, 2.05) is 24.3 Å². The van der Waals surface area contributed by atoms with Gasteiger partial charge in [0.15, 0.2) is 0 Å². The summed E-state index contributed by atoms with van der Waals surface area (Å²) >= 11 is 0. The summed E-state index contributed by atoms with van der Waals surface area (Å²) in [5.41, 5.74) is 11.3. The van der Waals surface area contributed by atoms with Crippen molar-refractivity contribution in [1.29, 1.82) is 0 Å². The topological polar surface area (TPSA) is 98.5 Å². The Bertz CT molecular complexity index is 494. The highest BCUT2D eigenvalue weighted by Crippen LogP contribution is 2.12. The molecule has 1 aliphatic heterocycles. The molecule has 1 saturated heterocycles. The minimum atomic E-state index is -0.0656. The van der Waals surface area contributed by atoms with Gasteiger partial charge in [0.25, 0.3) is 0 Å². The van der Waals surface area contributed by atoms with Crippen molar-refractivity contribution in [3.63, 3.8) is 0 Å². The van der Waals surface area contributed by atoms with E-state index in [9.17, 15) is 0 Å². The van der Waals surface area contributed by atoms with Crippen LogP contribution in [0.2, 0.25) is 0 Å². The van der Waals surface area contributed by atoms with E-state index in [1.54, 1.807) is 6.21 Å². The molecule has 4 N–H and O–H groups in total. The van der Waals surface area contributed by atoms with E-state index >= 15 is 0 Å². The third kappa shape index (κ3) is 5.80. The quantitative estimate of drug-likeness (QED) is 0.437. The van der Waals surface area contributed by atoms with Crippen LogP contribution in [0.3, 0.4) is 0 Å². The summed E-state index contributed by atoms with van der Waals surface area (Å²) in [6.45, 7) is 5.08. The molecule has 0 unspecified atom stereocenters.